The Kier molecular flexibility index (Phi) is 28.1. The minimum absolute atomic E-state index is 0.0191. The fourth-order valence-corrected chi connectivity index (χ4v) is 9.30. The number of carbonyl (C=O) groups is 8. The summed E-state index contributed by atoms with van der Waals surface area (Å²) < 4.78 is 48.5. The molecule has 0 N–H and O–H groups in total. The van der Waals surface area contributed by atoms with Crippen LogP contribution in [0.1, 0.15) is 196 Å². The van der Waals surface area contributed by atoms with Crippen LogP contribution in [-0.2, 0) is 103 Å². The second-order valence-electron chi connectivity index (χ2n) is 27.8. The van der Waals surface area contributed by atoms with Gasteiger partial charge in [-0.05, 0) is 178 Å². The minimum Gasteiger partial charge on any atom is -0.461 e. The Morgan fingerprint density at radius 2 is 0.756 bits per heavy atom. The molecule has 0 unspecified atom stereocenters. The molecule has 3 aromatic carbocycles. The van der Waals surface area contributed by atoms with Crippen molar-refractivity contribution in [3.8, 4) is 0 Å². The molecule has 0 aliphatic carbocycles. The first-order chi connectivity index (χ1) is 41.9. The average Bonchev–Trinajstić information content (AvgIpc) is 0.863. The number of aryl methyl sites for hydroxylation is 3. The van der Waals surface area contributed by atoms with Crippen LogP contribution in [0.15, 0.2) is 103 Å². The highest BCUT2D eigenvalue weighted by molar-refractivity contribution is 5.95. The van der Waals surface area contributed by atoms with Crippen molar-refractivity contribution in [3.05, 3.63) is 137 Å². The van der Waals surface area contributed by atoms with Crippen molar-refractivity contribution in [3.63, 3.8) is 0 Å². The Morgan fingerprint density at radius 1 is 0.389 bits per heavy atom. The highest BCUT2D eigenvalue weighted by Crippen LogP contribution is 2.27. The number of rotatable bonds is 27. The average molecular weight is 1250 g/mol. The predicted octanol–water partition coefficient (Wildman–Crippen LogP) is 14.3. The van der Waals surface area contributed by atoms with E-state index < -0.39 is 88.2 Å². The third kappa shape index (κ3) is 27.5. The molecular weight excluding hydrogens is 1150 g/mol. The van der Waals surface area contributed by atoms with Crippen molar-refractivity contribution in [2.45, 2.75) is 248 Å². The van der Waals surface area contributed by atoms with E-state index in [9.17, 15) is 38.4 Å². The first kappa shape index (κ1) is 74.6. The van der Waals surface area contributed by atoms with E-state index in [1.165, 1.54) is 0 Å². The van der Waals surface area contributed by atoms with E-state index in [-0.39, 0.29) is 63.9 Å². The highest BCUT2D eigenvalue weighted by atomic mass is 16.6. The highest BCUT2D eigenvalue weighted by Gasteiger charge is 2.43. The van der Waals surface area contributed by atoms with Crippen LogP contribution in [0, 0.1) is 11.8 Å². The van der Waals surface area contributed by atoms with Gasteiger partial charge in [0.05, 0.1) is 11.8 Å². The smallest absolute Gasteiger partial charge is 0.420 e. The predicted molar refractivity (Wildman–Crippen MR) is 339 cm³/mol. The molecule has 0 saturated carbocycles. The number of nitrogens with zero attached hydrogens (tertiary/aromatic N) is 3. The fraction of sp³-hybridized carbons (Fsp3) is 0.563. The second kappa shape index (κ2) is 33.8. The van der Waals surface area contributed by atoms with Crippen LogP contribution < -0.4 is 4.57 Å². The van der Waals surface area contributed by atoms with Gasteiger partial charge < -0.3 is 37.9 Å². The fourth-order valence-electron chi connectivity index (χ4n) is 9.30. The number of benzene rings is 3. The number of pyridine rings is 1. The summed E-state index contributed by atoms with van der Waals surface area (Å²) in [6, 6.07) is 26.0. The van der Waals surface area contributed by atoms with Gasteiger partial charge in [-0.15, -0.1) is 0 Å². The van der Waals surface area contributed by atoms with Crippen LogP contribution in [0.25, 0.3) is 0 Å². The van der Waals surface area contributed by atoms with E-state index in [1.807, 2.05) is 82.4 Å². The van der Waals surface area contributed by atoms with E-state index in [0.29, 0.717) is 70.8 Å². The SMILES string of the molecule is C[C@@H](CCc1cc(CC[C@@H](C(=O)OCc2ccccc2)N(C(=O)OC(C)(C)C)C(=O)OC(C)(C)C)c(CCC[C@@H](C(=O)OCc2ccccc2)N(C(=O)OC(C)(C)C)C(=O)OC(C)(C)C)[n+](CCCC[C@H](C)C(=O)OC(C)(C)C)c1)C(=O)OCc1ccccc1. The lowest BCUT2D eigenvalue weighted by Crippen LogP contribution is -2.52. The van der Waals surface area contributed by atoms with Crippen molar-refractivity contribution in [1.29, 1.82) is 0 Å². The third-order valence-corrected chi connectivity index (χ3v) is 13.5. The van der Waals surface area contributed by atoms with Crippen molar-refractivity contribution in [2.75, 3.05) is 0 Å². The molecule has 1 heterocycles. The monoisotopic (exact) mass is 1250 g/mol. The molecular formula is C71H100N3O16+. The zero-order chi connectivity index (χ0) is 67.2. The second-order valence-corrected chi connectivity index (χ2v) is 27.8. The van der Waals surface area contributed by atoms with Gasteiger partial charge in [0.25, 0.3) is 0 Å². The van der Waals surface area contributed by atoms with Gasteiger partial charge in [-0.25, -0.2) is 33.3 Å². The zero-order valence-corrected chi connectivity index (χ0v) is 56.4. The van der Waals surface area contributed by atoms with E-state index in [2.05, 4.69) is 4.57 Å². The van der Waals surface area contributed by atoms with Gasteiger partial charge in [0, 0.05) is 24.0 Å². The normalized spacial score (nSPS) is 13.3. The molecule has 4 atom stereocenters. The molecule has 90 heavy (non-hydrogen) atoms. The largest absolute Gasteiger partial charge is 0.461 e. The van der Waals surface area contributed by atoms with Crippen LogP contribution >= 0.6 is 0 Å². The third-order valence-electron chi connectivity index (χ3n) is 13.5. The van der Waals surface area contributed by atoms with Gasteiger partial charge in [0.1, 0.15) is 66.5 Å². The van der Waals surface area contributed by atoms with Gasteiger partial charge in [-0.1, -0.05) is 105 Å². The molecule has 0 radical (unpaired) electrons. The number of ether oxygens (including phenoxy) is 8. The summed E-state index contributed by atoms with van der Waals surface area (Å²) in [5.41, 5.74) is -0.806. The first-order valence-electron chi connectivity index (χ1n) is 31.3. The molecule has 0 spiro atoms. The summed E-state index contributed by atoms with van der Waals surface area (Å²) in [6.45, 7) is 28.8. The minimum atomic E-state index is -1.61. The van der Waals surface area contributed by atoms with Crippen molar-refractivity contribution in [1.82, 2.24) is 9.80 Å². The van der Waals surface area contributed by atoms with Crippen LogP contribution in [-0.4, -0.2) is 98.1 Å². The Hall–Kier alpha value is -7.83. The van der Waals surface area contributed by atoms with Crippen LogP contribution in [0.3, 0.4) is 0 Å². The summed E-state index contributed by atoms with van der Waals surface area (Å²) in [4.78, 5) is 115. The maximum absolute atomic E-state index is 14.8. The van der Waals surface area contributed by atoms with Gasteiger partial charge in [0.15, 0.2) is 11.9 Å². The Bertz CT molecular complexity index is 2930. The van der Waals surface area contributed by atoms with Gasteiger partial charge in [-0.3, -0.25) is 9.59 Å². The molecule has 19 nitrogen and oxygen atoms in total. The Balaban J connectivity index is 1.95. The van der Waals surface area contributed by atoms with E-state index in [4.69, 9.17) is 37.9 Å². The van der Waals surface area contributed by atoms with Gasteiger partial charge in [-0.2, -0.15) is 9.80 Å². The number of aromatic nitrogens is 1. The number of carbonyl (C=O) groups excluding carboxylic acids is 8. The molecule has 0 fully saturated rings. The van der Waals surface area contributed by atoms with Crippen molar-refractivity contribution < 1.29 is 80.8 Å². The van der Waals surface area contributed by atoms with Crippen LogP contribution in [0.5, 0.6) is 0 Å². The molecule has 4 rings (SSSR count). The number of hydrogen-bond acceptors (Lipinski definition) is 16. The topological polar surface area (TPSA) is 221 Å². The van der Waals surface area contributed by atoms with E-state index >= 15 is 0 Å². The molecule has 19 heteroatoms. The van der Waals surface area contributed by atoms with E-state index in [1.54, 1.807) is 139 Å². The Labute approximate surface area is 533 Å². The number of imide groups is 2. The summed E-state index contributed by atoms with van der Waals surface area (Å²) in [6.07, 6.45) is -0.149. The molecule has 0 saturated heterocycles. The summed E-state index contributed by atoms with van der Waals surface area (Å²) in [5.74, 6) is -3.45. The van der Waals surface area contributed by atoms with Crippen molar-refractivity contribution >= 4 is 48.3 Å². The number of unbranched alkanes of at least 4 members (excludes halogenated alkanes) is 1. The molecule has 4 amide bonds. The Morgan fingerprint density at radius 3 is 1.14 bits per heavy atom. The maximum Gasteiger partial charge on any atom is 0.420 e. The lowest BCUT2D eigenvalue weighted by molar-refractivity contribution is -0.705. The zero-order valence-electron chi connectivity index (χ0n) is 56.4. The summed E-state index contributed by atoms with van der Waals surface area (Å²) in [7, 11) is 0. The standard InChI is InChI=1S/C71H100N3O16/c1-49(60(76)86-67(3,4)5)30-27-28-43-72-45-54(40-39-50(2)59(75)83-46-51-31-21-18-22-32-51)44-55(41-42-58(62(78)85-48-53-35-25-20-26-36-53)74(65(81)89-70(12,13)14)66(82)90-71(15,16)17)56(72)37-29-38-57(61(77)84-47-52-33-23-19-24-34-52)73(63(79)87-68(6,7)8)64(80)88-69(9,10)11/h18-26,31-36,44-45,49-50,57-58H,27-30,37-43,46-48H2,1-17H3/q+1/t49-,50-,57-,58-/m0/s1. The molecule has 0 aliphatic rings. The lowest BCUT2D eigenvalue weighted by atomic mass is 9.95. The number of hydrogen-bond donors (Lipinski definition) is 0. The van der Waals surface area contributed by atoms with Crippen LogP contribution in [0.4, 0.5) is 19.2 Å². The molecule has 1 aromatic heterocycles. The molecule has 0 aliphatic heterocycles. The maximum atomic E-state index is 14.8. The molecule has 0 bridgehead atoms. The van der Waals surface area contributed by atoms with Gasteiger partial charge in [0.2, 0.25) is 0 Å². The first-order valence-corrected chi connectivity index (χ1v) is 31.3. The quantitative estimate of drug-likeness (QED) is 0.0234. The lowest BCUT2D eigenvalue weighted by Gasteiger charge is -2.32. The van der Waals surface area contributed by atoms with Crippen molar-refractivity contribution in [2.24, 2.45) is 11.8 Å². The molecule has 494 valence electrons. The van der Waals surface area contributed by atoms with Gasteiger partial charge >= 0.3 is 48.3 Å². The molecule has 4 aromatic rings. The van der Waals surface area contributed by atoms with Crippen LogP contribution in [0.2, 0.25) is 0 Å². The summed E-state index contributed by atoms with van der Waals surface area (Å²) in [5, 5.41) is 0. The van der Waals surface area contributed by atoms with E-state index in [0.717, 1.165) is 11.1 Å². The number of esters is 4. The summed E-state index contributed by atoms with van der Waals surface area (Å²) >= 11 is 0. The number of amides is 4.